The molecule has 0 spiro atoms. The normalized spacial score (nSPS) is 16.3. The van der Waals surface area contributed by atoms with Gasteiger partial charge in [0.1, 0.15) is 12.2 Å². The van der Waals surface area contributed by atoms with Crippen molar-refractivity contribution in [2.75, 3.05) is 6.54 Å². The van der Waals surface area contributed by atoms with Crippen LogP contribution in [0.3, 0.4) is 0 Å². The second kappa shape index (κ2) is 5.79. The fraction of sp³-hybridized carbons (Fsp3) is 0.438. The first-order valence-electron chi connectivity index (χ1n) is 7.44. The van der Waals surface area contributed by atoms with E-state index in [2.05, 4.69) is 9.97 Å². The quantitative estimate of drug-likeness (QED) is 0.866. The molecule has 1 aliphatic carbocycles. The van der Waals surface area contributed by atoms with Crippen LogP contribution in [0.2, 0.25) is 0 Å². The van der Waals surface area contributed by atoms with Crippen LogP contribution in [0.25, 0.3) is 11.0 Å². The van der Waals surface area contributed by atoms with Crippen molar-refractivity contribution in [1.82, 2.24) is 14.9 Å². The molecular formula is C16H16F3N3O. The SMILES string of the molecule is C[C@H](C1CC1)N(CC(F)(F)F)C(=O)c1cnc2ccccc2n1. The van der Waals surface area contributed by atoms with Crippen molar-refractivity contribution in [3.05, 3.63) is 36.2 Å². The molecule has 3 rings (SSSR count). The molecule has 1 aromatic heterocycles. The van der Waals surface area contributed by atoms with Gasteiger partial charge in [0.2, 0.25) is 0 Å². The van der Waals surface area contributed by atoms with Crippen LogP contribution in [-0.2, 0) is 0 Å². The molecule has 122 valence electrons. The van der Waals surface area contributed by atoms with E-state index in [1.807, 2.05) is 0 Å². The summed E-state index contributed by atoms with van der Waals surface area (Å²) < 4.78 is 38.5. The Balaban J connectivity index is 1.91. The Morgan fingerprint density at radius 3 is 2.57 bits per heavy atom. The Morgan fingerprint density at radius 1 is 1.30 bits per heavy atom. The van der Waals surface area contributed by atoms with Crippen LogP contribution in [0, 0.1) is 5.92 Å². The first-order chi connectivity index (χ1) is 10.8. The summed E-state index contributed by atoms with van der Waals surface area (Å²) in [7, 11) is 0. The molecule has 1 aromatic carbocycles. The first kappa shape index (κ1) is 15.7. The summed E-state index contributed by atoms with van der Waals surface area (Å²) in [5.74, 6) is -0.588. The number of hydrogen-bond donors (Lipinski definition) is 0. The second-order valence-corrected chi connectivity index (χ2v) is 5.87. The maximum absolute atomic E-state index is 12.8. The zero-order chi connectivity index (χ0) is 16.6. The number of hydrogen-bond acceptors (Lipinski definition) is 3. The number of alkyl halides is 3. The van der Waals surface area contributed by atoms with Crippen molar-refractivity contribution in [2.45, 2.75) is 32.0 Å². The summed E-state index contributed by atoms with van der Waals surface area (Å²) in [5, 5.41) is 0. The van der Waals surface area contributed by atoms with Gasteiger partial charge in [-0.1, -0.05) is 12.1 Å². The Kier molecular flexibility index (Phi) is 3.95. The monoisotopic (exact) mass is 323 g/mol. The van der Waals surface area contributed by atoms with E-state index < -0.39 is 24.7 Å². The average Bonchev–Trinajstić information content (AvgIpc) is 3.35. The van der Waals surface area contributed by atoms with E-state index in [-0.39, 0.29) is 11.6 Å². The summed E-state index contributed by atoms with van der Waals surface area (Å²) in [6, 6.07) is 6.47. The summed E-state index contributed by atoms with van der Waals surface area (Å²) in [6.07, 6.45) is -1.49. The molecule has 2 aromatic rings. The fourth-order valence-corrected chi connectivity index (χ4v) is 2.63. The number of carbonyl (C=O) groups is 1. The minimum Gasteiger partial charge on any atom is -0.325 e. The van der Waals surface area contributed by atoms with Crippen LogP contribution in [0.5, 0.6) is 0 Å². The van der Waals surface area contributed by atoms with Crippen LogP contribution in [0.15, 0.2) is 30.5 Å². The van der Waals surface area contributed by atoms with Crippen molar-refractivity contribution >= 4 is 16.9 Å². The van der Waals surface area contributed by atoms with Crippen LogP contribution >= 0.6 is 0 Å². The van der Waals surface area contributed by atoms with Crippen LogP contribution in [0.4, 0.5) is 13.2 Å². The number of amides is 1. The van der Waals surface area contributed by atoms with Gasteiger partial charge in [-0.25, -0.2) is 4.98 Å². The molecule has 1 atom stereocenters. The van der Waals surface area contributed by atoms with Gasteiger partial charge < -0.3 is 4.90 Å². The van der Waals surface area contributed by atoms with Crippen LogP contribution < -0.4 is 0 Å². The molecule has 0 bridgehead atoms. The molecule has 23 heavy (non-hydrogen) atoms. The molecule has 0 aliphatic heterocycles. The standard InChI is InChI=1S/C16H16F3N3O/c1-10(11-6-7-11)22(9-16(17,18)19)15(23)14-8-20-12-4-2-3-5-13(12)21-14/h2-5,8,10-11H,6-7,9H2,1H3/t10-/m1/s1. The number of benzene rings is 1. The van der Waals surface area contributed by atoms with Gasteiger partial charge in [0.15, 0.2) is 0 Å². The highest BCUT2D eigenvalue weighted by atomic mass is 19.4. The van der Waals surface area contributed by atoms with Crippen molar-refractivity contribution in [3.63, 3.8) is 0 Å². The number of halogens is 3. The first-order valence-corrected chi connectivity index (χ1v) is 7.44. The molecule has 1 fully saturated rings. The minimum atomic E-state index is -4.44. The maximum atomic E-state index is 12.8. The van der Waals surface area contributed by atoms with Gasteiger partial charge >= 0.3 is 6.18 Å². The lowest BCUT2D eigenvalue weighted by molar-refractivity contribution is -0.144. The Labute approximate surface area is 131 Å². The molecule has 0 saturated heterocycles. The topological polar surface area (TPSA) is 46.1 Å². The summed E-state index contributed by atoms with van der Waals surface area (Å²) in [5.41, 5.74) is 1.03. The van der Waals surface area contributed by atoms with Crippen molar-refractivity contribution < 1.29 is 18.0 Å². The van der Waals surface area contributed by atoms with E-state index in [0.717, 1.165) is 17.7 Å². The summed E-state index contributed by atoms with van der Waals surface area (Å²) >= 11 is 0. The van der Waals surface area contributed by atoms with E-state index >= 15 is 0 Å². The molecule has 0 unspecified atom stereocenters. The third-order valence-corrected chi connectivity index (χ3v) is 4.07. The molecular weight excluding hydrogens is 307 g/mol. The van der Waals surface area contributed by atoms with Gasteiger partial charge in [0, 0.05) is 6.04 Å². The molecule has 1 heterocycles. The largest absolute Gasteiger partial charge is 0.406 e. The van der Waals surface area contributed by atoms with E-state index in [4.69, 9.17) is 0 Å². The molecule has 1 saturated carbocycles. The maximum Gasteiger partial charge on any atom is 0.406 e. The van der Waals surface area contributed by atoms with E-state index in [1.54, 1.807) is 31.2 Å². The Morgan fingerprint density at radius 2 is 1.96 bits per heavy atom. The number of fused-ring (bicyclic) bond motifs is 1. The van der Waals surface area contributed by atoms with Crippen LogP contribution in [0.1, 0.15) is 30.3 Å². The van der Waals surface area contributed by atoms with Crippen molar-refractivity contribution in [1.29, 1.82) is 0 Å². The van der Waals surface area contributed by atoms with Gasteiger partial charge in [0.25, 0.3) is 5.91 Å². The highest BCUT2D eigenvalue weighted by molar-refractivity contribution is 5.94. The lowest BCUT2D eigenvalue weighted by Gasteiger charge is -2.29. The number of para-hydroxylation sites is 2. The van der Waals surface area contributed by atoms with E-state index in [0.29, 0.717) is 11.0 Å². The molecule has 0 N–H and O–H groups in total. The minimum absolute atomic E-state index is 0.0551. The molecule has 1 aliphatic rings. The van der Waals surface area contributed by atoms with Crippen molar-refractivity contribution in [2.24, 2.45) is 5.92 Å². The average molecular weight is 323 g/mol. The molecule has 7 heteroatoms. The van der Waals surface area contributed by atoms with E-state index in [1.165, 1.54) is 6.20 Å². The van der Waals surface area contributed by atoms with Gasteiger partial charge in [-0.15, -0.1) is 0 Å². The van der Waals surface area contributed by atoms with Gasteiger partial charge in [-0.2, -0.15) is 13.2 Å². The number of rotatable bonds is 4. The smallest absolute Gasteiger partial charge is 0.325 e. The van der Waals surface area contributed by atoms with Gasteiger partial charge in [-0.3, -0.25) is 9.78 Å². The number of nitrogens with zero attached hydrogens (tertiary/aromatic N) is 3. The molecule has 1 amide bonds. The summed E-state index contributed by atoms with van der Waals surface area (Å²) in [4.78, 5) is 21.7. The number of carbonyl (C=O) groups excluding carboxylic acids is 1. The fourth-order valence-electron chi connectivity index (χ4n) is 2.63. The zero-order valence-electron chi connectivity index (χ0n) is 12.5. The third kappa shape index (κ3) is 3.60. The summed E-state index contributed by atoms with van der Waals surface area (Å²) in [6.45, 7) is 0.397. The van der Waals surface area contributed by atoms with E-state index in [9.17, 15) is 18.0 Å². The zero-order valence-corrected chi connectivity index (χ0v) is 12.5. The lowest BCUT2D eigenvalue weighted by atomic mass is 10.1. The number of aromatic nitrogens is 2. The van der Waals surface area contributed by atoms with Gasteiger partial charge in [-0.05, 0) is 37.8 Å². The molecule has 0 radical (unpaired) electrons. The second-order valence-electron chi connectivity index (χ2n) is 5.87. The van der Waals surface area contributed by atoms with Gasteiger partial charge in [0.05, 0.1) is 17.2 Å². The predicted octanol–water partition coefficient (Wildman–Crippen LogP) is 3.43. The molecule has 4 nitrogen and oxygen atoms in total. The van der Waals surface area contributed by atoms with Crippen molar-refractivity contribution in [3.8, 4) is 0 Å². The highest BCUT2D eigenvalue weighted by Crippen LogP contribution is 2.36. The Bertz CT molecular complexity index is 728. The highest BCUT2D eigenvalue weighted by Gasteiger charge is 2.41. The van der Waals surface area contributed by atoms with Crippen LogP contribution in [-0.4, -0.2) is 39.5 Å². The predicted molar refractivity (Wildman–Crippen MR) is 78.8 cm³/mol. The third-order valence-electron chi connectivity index (χ3n) is 4.07. The lowest BCUT2D eigenvalue weighted by Crippen LogP contribution is -2.45. The Hall–Kier alpha value is -2.18.